The van der Waals surface area contributed by atoms with Crippen LogP contribution in [0.1, 0.15) is 32.9 Å². The zero-order chi connectivity index (χ0) is 14.4. The van der Waals surface area contributed by atoms with Crippen LogP contribution in [-0.2, 0) is 6.54 Å². The first-order valence-corrected chi connectivity index (χ1v) is 6.55. The van der Waals surface area contributed by atoms with E-state index >= 15 is 0 Å². The van der Waals surface area contributed by atoms with E-state index in [9.17, 15) is 10.1 Å². The van der Waals surface area contributed by atoms with Crippen molar-refractivity contribution in [2.24, 2.45) is 0 Å². The van der Waals surface area contributed by atoms with Gasteiger partial charge in [0.05, 0.1) is 4.92 Å². The molecule has 0 saturated carbocycles. The fraction of sp³-hybridized carbons (Fsp3) is 0.750. The summed E-state index contributed by atoms with van der Waals surface area (Å²) < 4.78 is 7.12. The van der Waals surface area contributed by atoms with E-state index in [0.29, 0.717) is 31.4 Å². The Kier molecular flexibility index (Phi) is 5.75. The van der Waals surface area contributed by atoms with Crippen LogP contribution in [0.25, 0.3) is 0 Å². The Morgan fingerprint density at radius 3 is 2.74 bits per heavy atom. The molecule has 1 heterocycles. The lowest BCUT2D eigenvalue weighted by Gasteiger charge is -2.10. The molecule has 0 bridgehead atoms. The summed E-state index contributed by atoms with van der Waals surface area (Å²) in [6.45, 7) is 9.33. The lowest BCUT2D eigenvalue weighted by Crippen LogP contribution is -2.28. The molecule has 1 N–H and O–H groups in total. The minimum Gasteiger partial charge on any atom is -0.472 e. The summed E-state index contributed by atoms with van der Waals surface area (Å²) in [7, 11) is 0. The highest BCUT2D eigenvalue weighted by atomic mass is 16.6. The van der Waals surface area contributed by atoms with E-state index in [4.69, 9.17) is 4.74 Å². The lowest BCUT2D eigenvalue weighted by molar-refractivity contribution is -0.386. The maximum atomic E-state index is 11.1. The smallest absolute Gasteiger partial charge is 0.353 e. The SMILES string of the molecule is CCCn1nc(C)c([N+](=O)[O-])c1OCCNC(C)C. The third kappa shape index (κ3) is 4.20. The van der Waals surface area contributed by atoms with Crippen molar-refractivity contribution in [1.82, 2.24) is 15.1 Å². The van der Waals surface area contributed by atoms with Crippen molar-refractivity contribution in [2.45, 2.75) is 46.7 Å². The maximum Gasteiger partial charge on any atom is 0.353 e. The van der Waals surface area contributed by atoms with Gasteiger partial charge in [-0.3, -0.25) is 10.1 Å². The number of rotatable bonds is 8. The Morgan fingerprint density at radius 1 is 1.53 bits per heavy atom. The van der Waals surface area contributed by atoms with E-state index in [-0.39, 0.29) is 11.6 Å². The normalized spacial score (nSPS) is 11.0. The van der Waals surface area contributed by atoms with Gasteiger partial charge in [0.15, 0.2) is 0 Å². The van der Waals surface area contributed by atoms with Crippen LogP contribution in [0.5, 0.6) is 5.88 Å². The van der Waals surface area contributed by atoms with E-state index in [1.807, 2.05) is 20.8 Å². The first-order valence-electron chi connectivity index (χ1n) is 6.55. The number of nitrogens with zero attached hydrogens (tertiary/aromatic N) is 3. The molecule has 1 aromatic rings. The van der Waals surface area contributed by atoms with Gasteiger partial charge in [-0.05, 0) is 13.3 Å². The van der Waals surface area contributed by atoms with Gasteiger partial charge in [0.2, 0.25) is 0 Å². The van der Waals surface area contributed by atoms with E-state index in [1.165, 1.54) is 0 Å². The average Bonchev–Trinajstić information content (AvgIpc) is 2.61. The monoisotopic (exact) mass is 270 g/mol. The molecule has 0 aromatic carbocycles. The fourth-order valence-corrected chi connectivity index (χ4v) is 1.76. The number of aryl methyl sites for hydroxylation is 2. The second kappa shape index (κ2) is 7.08. The number of ether oxygens (including phenoxy) is 1. The Bertz CT molecular complexity index is 429. The first-order chi connectivity index (χ1) is 8.97. The zero-order valence-corrected chi connectivity index (χ0v) is 12.0. The summed E-state index contributed by atoms with van der Waals surface area (Å²) in [5, 5.41) is 18.4. The third-order valence-corrected chi connectivity index (χ3v) is 2.56. The second-order valence-corrected chi connectivity index (χ2v) is 4.68. The molecule has 1 aromatic heterocycles. The second-order valence-electron chi connectivity index (χ2n) is 4.68. The first kappa shape index (κ1) is 15.4. The molecule has 0 aliphatic rings. The molecular formula is C12H22N4O3. The predicted octanol–water partition coefficient (Wildman–Crippen LogP) is 1.89. The molecule has 0 amide bonds. The van der Waals surface area contributed by atoms with Crippen molar-refractivity contribution >= 4 is 5.69 Å². The fourth-order valence-electron chi connectivity index (χ4n) is 1.76. The van der Waals surface area contributed by atoms with Gasteiger partial charge in [0.1, 0.15) is 12.3 Å². The van der Waals surface area contributed by atoms with Gasteiger partial charge in [-0.25, -0.2) is 4.68 Å². The number of nitro groups is 1. The highest BCUT2D eigenvalue weighted by Crippen LogP contribution is 2.30. The molecule has 0 spiro atoms. The molecule has 0 saturated heterocycles. The van der Waals surface area contributed by atoms with Crippen molar-refractivity contribution < 1.29 is 9.66 Å². The topological polar surface area (TPSA) is 82.2 Å². The van der Waals surface area contributed by atoms with Crippen LogP contribution < -0.4 is 10.1 Å². The predicted molar refractivity (Wildman–Crippen MR) is 72.5 cm³/mol. The van der Waals surface area contributed by atoms with Gasteiger partial charge in [-0.1, -0.05) is 20.8 Å². The van der Waals surface area contributed by atoms with E-state index in [0.717, 1.165) is 6.42 Å². The van der Waals surface area contributed by atoms with Gasteiger partial charge in [-0.15, -0.1) is 0 Å². The van der Waals surface area contributed by atoms with Gasteiger partial charge >= 0.3 is 5.69 Å². The summed E-state index contributed by atoms with van der Waals surface area (Å²) in [5.74, 6) is 0.259. The van der Waals surface area contributed by atoms with Crippen molar-refractivity contribution in [2.75, 3.05) is 13.2 Å². The molecule has 0 radical (unpaired) electrons. The molecule has 0 aliphatic carbocycles. The van der Waals surface area contributed by atoms with Crippen molar-refractivity contribution in [1.29, 1.82) is 0 Å². The van der Waals surface area contributed by atoms with Crippen LogP contribution in [0, 0.1) is 17.0 Å². The maximum absolute atomic E-state index is 11.1. The number of hydrogen-bond donors (Lipinski definition) is 1. The zero-order valence-electron chi connectivity index (χ0n) is 12.0. The molecule has 0 atom stereocenters. The van der Waals surface area contributed by atoms with Crippen molar-refractivity contribution in [3.8, 4) is 5.88 Å². The van der Waals surface area contributed by atoms with Crippen LogP contribution in [0.4, 0.5) is 5.69 Å². The molecule has 19 heavy (non-hydrogen) atoms. The Balaban J connectivity index is 2.80. The molecular weight excluding hydrogens is 248 g/mol. The Labute approximate surface area is 113 Å². The van der Waals surface area contributed by atoms with Crippen LogP contribution in [-0.4, -0.2) is 33.9 Å². The van der Waals surface area contributed by atoms with Gasteiger partial charge in [0, 0.05) is 19.1 Å². The van der Waals surface area contributed by atoms with Crippen LogP contribution in [0.15, 0.2) is 0 Å². The summed E-state index contributed by atoms with van der Waals surface area (Å²) >= 11 is 0. The summed E-state index contributed by atoms with van der Waals surface area (Å²) in [5.41, 5.74) is 0.364. The van der Waals surface area contributed by atoms with Gasteiger partial charge < -0.3 is 10.1 Å². The molecule has 1 rings (SSSR count). The van der Waals surface area contributed by atoms with E-state index in [1.54, 1.807) is 11.6 Å². The largest absolute Gasteiger partial charge is 0.472 e. The van der Waals surface area contributed by atoms with Crippen molar-refractivity contribution in [3.05, 3.63) is 15.8 Å². The molecule has 0 unspecified atom stereocenters. The molecule has 7 heteroatoms. The third-order valence-electron chi connectivity index (χ3n) is 2.56. The highest BCUT2D eigenvalue weighted by Gasteiger charge is 2.26. The molecule has 0 aliphatic heterocycles. The van der Waals surface area contributed by atoms with E-state index < -0.39 is 4.92 Å². The Hall–Kier alpha value is -1.63. The molecule has 7 nitrogen and oxygen atoms in total. The lowest BCUT2D eigenvalue weighted by atomic mass is 10.4. The molecule has 108 valence electrons. The minimum absolute atomic E-state index is 0.0296. The van der Waals surface area contributed by atoms with Crippen LogP contribution in [0.3, 0.4) is 0 Å². The summed E-state index contributed by atoms with van der Waals surface area (Å²) in [6.07, 6.45) is 0.846. The Morgan fingerprint density at radius 2 is 2.21 bits per heavy atom. The minimum atomic E-state index is -0.431. The van der Waals surface area contributed by atoms with Crippen molar-refractivity contribution in [3.63, 3.8) is 0 Å². The number of hydrogen-bond acceptors (Lipinski definition) is 5. The van der Waals surface area contributed by atoms with Crippen LogP contribution >= 0.6 is 0 Å². The number of aromatic nitrogens is 2. The van der Waals surface area contributed by atoms with Crippen LogP contribution in [0.2, 0.25) is 0 Å². The number of nitrogens with one attached hydrogen (secondary N) is 1. The summed E-state index contributed by atoms with van der Waals surface area (Å²) in [6, 6.07) is 0.362. The van der Waals surface area contributed by atoms with Gasteiger partial charge in [0.25, 0.3) is 5.88 Å². The van der Waals surface area contributed by atoms with Gasteiger partial charge in [-0.2, -0.15) is 5.10 Å². The quantitative estimate of drug-likeness (QED) is 0.443. The highest BCUT2D eigenvalue weighted by molar-refractivity contribution is 5.45. The molecule has 0 fully saturated rings. The van der Waals surface area contributed by atoms with E-state index in [2.05, 4.69) is 10.4 Å². The summed E-state index contributed by atoms with van der Waals surface area (Å²) in [4.78, 5) is 10.6. The standard InChI is InChI=1S/C12H22N4O3/c1-5-7-15-12(19-8-6-13-9(2)3)11(16(17)18)10(4)14-15/h9,13H,5-8H2,1-4H3. The average molecular weight is 270 g/mol.